The van der Waals surface area contributed by atoms with E-state index < -0.39 is 15.8 Å². The van der Waals surface area contributed by atoms with Crippen molar-refractivity contribution < 1.29 is 22.7 Å². The van der Waals surface area contributed by atoms with Crippen molar-refractivity contribution in [3.05, 3.63) is 29.8 Å². The van der Waals surface area contributed by atoms with Gasteiger partial charge in [0.15, 0.2) is 5.79 Å². The molecule has 2 fully saturated rings. The molecule has 2 aliphatic rings. The van der Waals surface area contributed by atoms with Gasteiger partial charge in [-0.3, -0.25) is 9.52 Å². The van der Waals surface area contributed by atoms with E-state index in [9.17, 15) is 13.2 Å². The number of sulfonamides is 1. The Balaban J connectivity index is 1.66. The molecule has 25 heavy (non-hydrogen) atoms. The minimum atomic E-state index is -3.38. The summed E-state index contributed by atoms with van der Waals surface area (Å²) < 4.78 is 37.7. The molecule has 8 heteroatoms. The molecule has 1 amide bonds. The predicted octanol–water partition coefficient (Wildman–Crippen LogP) is 1.82. The zero-order valence-corrected chi connectivity index (χ0v) is 15.2. The topological polar surface area (TPSA) is 84.9 Å². The Morgan fingerprint density at radius 3 is 2.56 bits per heavy atom. The van der Waals surface area contributed by atoms with Gasteiger partial charge in [0.05, 0.1) is 19.0 Å². The van der Waals surface area contributed by atoms with Gasteiger partial charge in [0.25, 0.3) is 5.91 Å². The van der Waals surface area contributed by atoms with Gasteiger partial charge < -0.3 is 14.4 Å². The molecule has 0 bridgehead atoms. The van der Waals surface area contributed by atoms with Crippen LogP contribution in [0.5, 0.6) is 0 Å². The van der Waals surface area contributed by atoms with E-state index in [0.29, 0.717) is 56.8 Å². The van der Waals surface area contributed by atoms with Crippen molar-refractivity contribution in [2.45, 2.75) is 32.0 Å². The minimum Gasteiger partial charge on any atom is -0.347 e. The number of carbonyl (C=O) groups is 1. The summed E-state index contributed by atoms with van der Waals surface area (Å²) in [5.41, 5.74) is 0.885. The Morgan fingerprint density at radius 1 is 1.24 bits per heavy atom. The van der Waals surface area contributed by atoms with Crippen LogP contribution in [0.4, 0.5) is 5.69 Å². The Hall–Kier alpha value is -1.64. The molecule has 1 aromatic carbocycles. The molecule has 0 aromatic heterocycles. The van der Waals surface area contributed by atoms with Crippen LogP contribution in [0.3, 0.4) is 0 Å². The Bertz CT molecular complexity index is 718. The maximum atomic E-state index is 12.7. The molecule has 1 N–H and O–H groups in total. The van der Waals surface area contributed by atoms with Crippen molar-refractivity contribution in [3.8, 4) is 0 Å². The summed E-state index contributed by atoms with van der Waals surface area (Å²) in [5.74, 6) is -0.572. The first kappa shape index (κ1) is 18.2. The molecular formula is C17H24N2O5S. The van der Waals surface area contributed by atoms with Gasteiger partial charge in [0.2, 0.25) is 10.0 Å². The molecule has 1 spiro atoms. The van der Waals surface area contributed by atoms with Gasteiger partial charge in [0.1, 0.15) is 0 Å². The van der Waals surface area contributed by atoms with Crippen LogP contribution in [0, 0.1) is 0 Å². The summed E-state index contributed by atoms with van der Waals surface area (Å²) in [6.45, 7) is 4.14. The SMILES string of the molecule is CCCS(=O)(=O)Nc1cccc(C(=O)N2CCC3(CC2)OCCO3)c1. The first-order valence-corrected chi connectivity index (χ1v) is 10.3. The molecule has 2 aliphatic heterocycles. The lowest BCUT2D eigenvalue weighted by Crippen LogP contribution is -2.47. The highest BCUT2D eigenvalue weighted by molar-refractivity contribution is 7.92. The quantitative estimate of drug-likeness (QED) is 0.857. The van der Waals surface area contributed by atoms with Crippen molar-refractivity contribution in [1.82, 2.24) is 4.90 Å². The van der Waals surface area contributed by atoms with Crippen LogP contribution in [-0.2, 0) is 19.5 Å². The smallest absolute Gasteiger partial charge is 0.253 e. The van der Waals surface area contributed by atoms with Gasteiger partial charge in [-0.05, 0) is 24.6 Å². The molecule has 0 radical (unpaired) electrons. The fraction of sp³-hybridized carbons (Fsp3) is 0.588. The maximum absolute atomic E-state index is 12.7. The highest BCUT2D eigenvalue weighted by Gasteiger charge is 2.40. The van der Waals surface area contributed by atoms with Crippen molar-refractivity contribution >= 4 is 21.6 Å². The van der Waals surface area contributed by atoms with Crippen LogP contribution in [0.25, 0.3) is 0 Å². The molecule has 0 aliphatic carbocycles. The number of amides is 1. The lowest BCUT2D eigenvalue weighted by molar-refractivity contribution is -0.181. The van der Waals surface area contributed by atoms with Gasteiger partial charge in [-0.15, -0.1) is 0 Å². The normalized spacial score (nSPS) is 20.0. The molecule has 1 aromatic rings. The number of hydrogen-bond acceptors (Lipinski definition) is 5. The van der Waals surface area contributed by atoms with E-state index in [1.54, 1.807) is 36.1 Å². The molecule has 2 saturated heterocycles. The van der Waals surface area contributed by atoms with Crippen LogP contribution >= 0.6 is 0 Å². The molecule has 2 heterocycles. The van der Waals surface area contributed by atoms with Crippen molar-refractivity contribution in [3.63, 3.8) is 0 Å². The van der Waals surface area contributed by atoms with Crippen molar-refractivity contribution in [2.24, 2.45) is 0 Å². The summed E-state index contributed by atoms with van der Waals surface area (Å²) in [5, 5.41) is 0. The Morgan fingerprint density at radius 2 is 1.92 bits per heavy atom. The summed E-state index contributed by atoms with van der Waals surface area (Å²) in [6, 6.07) is 6.62. The number of carbonyl (C=O) groups excluding carboxylic acids is 1. The second-order valence-electron chi connectivity index (χ2n) is 6.40. The van der Waals surface area contributed by atoms with Gasteiger partial charge in [-0.25, -0.2) is 8.42 Å². The average Bonchev–Trinajstić information content (AvgIpc) is 3.03. The molecular weight excluding hydrogens is 344 g/mol. The number of rotatable bonds is 5. The van der Waals surface area contributed by atoms with E-state index in [0.717, 1.165) is 0 Å². The lowest BCUT2D eigenvalue weighted by atomic mass is 10.0. The second-order valence-corrected chi connectivity index (χ2v) is 8.24. The fourth-order valence-electron chi connectivity index (χ4n) is 3.23. The molecule has 0 unspecified atom stereocenters. The molecule has 7 nitrogen and oxygen atoms in total. The second kappa shape index (κ2) is 7.31. The highest BCUT2D eigenvalue weighted by atomic mass is 32.2. The Kier molecular flexibility index (Phi) is 5.31. The number of ether oxygens (including phenoxy) is 2. The number of anilines is 1. The summed E-state index contributed by atoms with van der Waals surface area (Å²) >= 11 is 0. The Labute approximate surface area is 148 Å². The average molecular weight is 368 g/mol. The molecule has 3 rings (SSSR count). The van der Waals surface area contributed by atoms with Crippen LogP contribution in [0.15, 0.2) is 24.3 Å². The van der Waals surface area contributed by atoms with E-state index in [4.69, 9.17) is 9.47 Å². The summed E-state index contributed by atoms with van der Waals surface area (Å²) in [4.78, 5) is 14.5. The predicted molar refractivity (Wildman–Crippen MR) is 93.9 cm³/mol. The third kappa shape index (κ3) is 4.31. The number of likely N-dealkylation sites (tertiary alicyclic amines) is 1. The fourth-order valence-corrected chi connectivity index (χ4v) is 4.36. The number of piperidine rings is 1. The standard InChI is InChI=1S/C17H24N2O5S/c1-2-12-25(21,22)18-15-5-3-4-14(13-15)16(20)19-8-6-17(7-9-19)23-10-11-24-17/h3-5,13,18H,2,6-12H2,1H3. The third-order valence-corrected chi connectivity index (χ3v) is 5.97. The van der Waals surface area contributed by atoms with E-state index in [1.165, 1.54) is 0 Å². The zero-order chi connectivity index (χ0) is 17.9. The van der Waals surface area contributed by atoms with Gasteiger partial charge in [-0.1, -0.05) is 13.0 Å². The van der Waals surface area contributed by atoms with Crippen LogP contribution in [0.2, 0.25) is 0 Å². The summed E-state index contributed by atoms with van der Waals surface area (Å²) in [7, 11) is -3.38. The summed E-state index contributed by atoms with van der Waals surface area (Å²) in [6.07, 6.45) is 1.84. The number of nitrogens with one attached hydrogen (secondary N) is 1. The highest BCUT2D eigenvalue weighted by Crippen LogP contribution is 2.31. The first-order chi connectivity index (χ1) is 11.9. The first-order valence-electron chi connectivity index (χ1n) is 8.61. The number of nitrogens with zero attached hydrogens (tertiary/aromatic N) is 1. The van der Waals surface area contributed by atoms with Crippen molar-refractivity contribution in [2.75, 3.05) is 36.8 Å². The van der Waals surface area contributed by atoms with Gasteiger partial charge in [-0.2, -0.15) is 0 Å². The largest absolute Gasteiger partial charge is 0.347 e. The number of benzene rings is 1. The molecule has 0 saturated carbocycles. The maximum Gasteiger partial charge on any atom is 0.253 e. The van der Waals surface area contributed by atoms with Crippen LogP contribution in [0.1, 0.15) is 36.5 Å². The van der Waals surface area contributed by atoms with Crippen LogP contribution < -0.4 is 4.72 Å². The number of hydrogen-bond donors (Lipinski definition) is 1. The zero-order valence-electron chi connectivity index (χ0n) is 14.4. The monoisotopic (exact) mass is 368 g/mol. The lowest BCUT2D eigenvalue weighted by Gasteiger charge is -2.37. The third-order valence-electron chi connectivity index (χ3n) is 4.48. The van der Waals surface area contributed by atoms with E-state index in [2.05, 4.69) is 4.72 Å². The van der Waals surface area contributed by atoms with Crippen molar-refractivity contribution in [1.29, 1.82) is 0 Å². The van der Waals surface area contributed by atoms with E-state index >= 15 is 0 Å². The molecule has 0 atom stereocenters. The van der Waals surface area contributed by atoms with E-state index in [-0.39, 0.29) is 11.7 Å². The van der Waals surface area contributed by atoms with E-state index in [1.807, 2.05) is 0 Å². The van der Waals surface area contributed by atoms with Gasteiger partial charge in [0, 0.05) is 37.2 Å². The van der Waals surface area contributed by atoms with Crippen LogP contribution in [-0.4, -0.2) is 57.1 Å². The van der Waals surface area contributed by atoms with Gasteiger partial charge >= 0.3 is 0 Å². The molecule has 138 valence electrons. The minimum absolute atomic E-state index is 0.0549.